The maximum atomic E-state index is 9.55. The molecule has 0 aliphatic heterocycles. The van der Waals surface area contributed by atoms with Crippen LogP contribution in [-0.2, 0) is 4.74 Å². The molecule has 0 spiro atoms. The van der Waals surface area contributed by atoms with Crippen molar-refractivity contribution >= 4 is 7.26 Å². The molecule has 0 saturated carbocycles. The summed E-state index contributed by atoms with van der Waals surface area (Å²) in [6.45, 7) is 6.82. The number of allylic oxidation sites excluding steroid dienone is 1. The maximum absolute atomic E-state index is 9.55. The first kappa shape index (κ1) is 18.8. The summed E-state index contributed by atoms with van der Waals surface area (Å²) < 4.78 is 4.89. The van der Waals surface area contributed by atoms with E-state index in [-0.39, 0.29) is 5.95 Å². The normalized spacial score (nSPS) is 12.7. The summed E-state index contributed by atoms with van der Waals surface area (Å²) in [5.41, 5.74) is 0. The van der Waals surface area contributed by atoms with Gasteiger partial charge in [-0.15, -0.1) is 0 Å². The van der Waals surface area contributed by atoms with E-state index >= 15 is 0 Å². The van der Waals surface area contributed by atoms with Crippen molar-refractivity contribution in [2.45, 2.75) is 59.3 Å². The monoisotopic (exact) mass is 289 g/mol. The lowest BCUT2D eigenvalue weighted by Crippen LogP contribution is -2.12. The zero-order chi connectivity index (χ0) is 14.6. The van der Waals surface area contributed by atoms with Gasteiger partial charge in [-0.1, -0.05) is 40.0 Å². The van der Waals surface area contributed by atoms with E-state index in [0.717, 1.165) is 6.16 Å². The fourth-order valence-corrected chi connectivity index (χ4v) is 7.17. The largest absolute Gasteiger partial charge is 0.481 e. The Morgan fingerprint density at radius 3 is 1.68 bits per heavy atom. The molecule has 0 bridgehead atoms. The van der Waals surface area contributed by atoms with Crippen molar-refractivity contribution < 1.29 is 9.84 Å². The quantitative estimate of drug-likeness (QED) is 0.382. The van der Waals surface area contributed by atoms with Crippen LogP contribution in [0, 0.1) is 0 Å². The van der Waals surface area contributed by atoms with Crippen molar-refractivity contribution in [3.05, 3.63) is 12.0 Å². The average molecular weight is 289 g/mol. The van der Waals surface area contributed by atoms with Gasteiger partial charge in [-0.3, -0.25) is 0 Å². The Morgan fingerprint density at radius 1 is 0.947 bits per heavy atom. The van der Waals surface area contributed by atoms with E-state index in [1.165, 1.54) is 64.1 Å². The van der Waals surface area contributed by atoms with Gasteiger partial charge in [0, 0.05) is 13.3 Å². The lowest BCUT2D eigenvalue weighted by Gasteiger charge is -2.26. The summed E-state index contributed by atoms with van der Waals surface area (Å²) in [5, 5.41) is 9.55. The van der Waals surface area contributed by atoms with Gasteiger partial charge in [0.15, 0.2) is 0 Å². The minimum atomic E-state index is -0.929. The van der Waals surface area contributed by atoms with Crippen LogP contribution < -0.4 is 0 Å². The maximum Gasteiger partial charge on any atom is 0.275 e. The summed E-state index contributed by atoms with van der Waals surface area (Å²) in [6, 6.07) is 0. The third-order valence-corrected chi connectivity index (χ3v) is 8.57. The Morgan fingerprint density at radius 2 is 1.37 bits per heavy atom. The van der Waals surface area contributed by atoms with Crippen molar-refractivity contribution in [2.75, 3.05) is 31.8 Å². The number of aliphatic hydroxyl groups excluding tert-OH is 1. The molecule has 0 unspecified atom stereocenters. The van der Waals surface area contributed by atoms with Crippen LogP contribution in [0.5, 0.6) is 0 Å². The SMILES string of the molecule is CCCC[P+](C/C=C(/O)OC)(CCCC)CCCC. The smallest absolute Gasteiger partial charge is 0.275 e. The summed E-state index contributed by atoms with van der Waals surface area (Å²) in [5.74, 6) is 0.105. The average Bonchev–Trinajstić information content (AvgIpc) is 2.45. The first-order valence-electron chi connectivity index (χ1n) is 7.92. The number of aliphatic hydroxyl groups is 1. The van der Waals surface area contributed by atoms with E-state index in [1.807, 2.05) is 6.08 Å². The van der Waals surface area contributed by atoms with Gasteiger partial charge in [0.2, 0.25) is 0 Å². The minimum Gasteiger partial charge on any atom is -0.481 e. The minimum absolute atomic E-state index is 0.105. The zero-order valence-electron chi connectivity index (χ0n) is 13.5. The molecule has 0 aromatic rings. The van der Waals surface area contributed by atoms with Crippen LogP contribution in [0.3, 0.4) is 0 Å². The van der Waals surface area contributed by atoms with Crippen molar-refractivity contribution in [1.29, 1.82) is 0 Å². The van der Waals surface area contributed by atoms with Crippen LogP contribution >= 0.6 is 7.26 Å². The van der Waals surface area contributed by atoms with Crippen molar-refractivity contribution in [3.8, 4) is 0 Å². The van der Waals surface area contributed by atoms with Gasteiger partial charge in [-0.05, 0) is 19.3 Å². The van der Waals surface area contributed by atoms with E-state index < -0.39 is 7.26 Å². The summed E-state index contributed by atoms with van der Waals surface area (Å²) >= 11 is 0. The second-order valence-corrected chi connectivity index (χ2v) is 9.89. The highest BCUT2D eigenvalue weighted by Crippen LogP contribution is 2.60. The van der Waals surface area contributed by atoms with E-state index in [9.17, 15) is 5.11 Å². The van der Waals surface area contributed by atoms with Crippen molar-refractivity contribution in [2.24, 2.45) is 0 Å². The van der Waals surface area contributed by atoms with E-state index in [1.54, 1.807) is 0 Å². The third-order valence-electron chi connectivity index (χ3n) is 3.82. The molecule has 0 fully saturated rings. The molecular weight excluding hydrogens is 255 g/mol. The fourth-order valence-electron chi connectivity index (χ4n) is 2.44. The van der Waals surface area contributed by atoms with Crippen LogP contribution in [0.15, 0.2) is 12.0 Å². The van der Waals surface area contributed by atoms with Gasteiger partial charge in [-0.25, -0.2) is 0 Å². The van der Waals surface area contributed by atoms with Crippen LogP contribution in [0.25, 0.3) is 0 Å². The molecule has 0 saturated heterocycles. The molecule has 0 rings (SSSR count). The first-order valence-corrected chi connectivity index (χ1v) is 10.4. The molecule has 3 heteroatoms. The molecule has 1 N–H and O–H groups in total. The summed E-state index contributed by atoms with van der Waals surface area (Å²) in [6.07, 6.45) is 15.0. The Bertz CT molecular complexity index is 217. The van der Waals surface area contributed by atoms with E-state index in [2.05, 4.69) is 20.8 Å². The molecule has 0 aromatic heterocycles. The van der Waals surface area contributed by atoms with Crippen molar-refractivity contribution in [1.82, 2.24) is 0 Å². The second-order valence-electron chi connectivity index (χ2n) is 5.50. The second kappa shape index (κ2) is 11.6. The highest BCUT2D eigenvalue weighted by atomic mass is 31.2. The van der Waals surface area contributed by atoms with Gasteiger partial charge >= 0.3 is 0 Å². The van der Waals surface area contributed by atoms with Gasteiger partial charge < -0.3 is 9.84 Å². The Labute approximate surface area is 121 Å². The van der Waals surface area contributed by atoms with Gasteiger partial charge in [0.05, 0.1) is 31.8 Å². The van der Waals surface area contributed by atoms with Crippen LogP contribution in [-0.4, -0.2) is 36.9 Å². The lowest BCUT2D eigenvalue weighted by molar-refractivity contribution is 0.135. The fraction of sp³-hybridized carbons (Fsp3) is 0.875. The highest BCUT2D eigenvalue weighted by molar-refractivity contribution is 7.76. The van der Waals surface area contributed by atoms with E-state index in [0.29, 0.717) is 0 Å². The molecule has 0 aliphatic rings. The molecule has 19 heavy (non-hydrogen) atoms. The third kappa shape index (κ3) is 8.52. The molecular formula is C16H34O2P+. The summed E-state index contributed by atoms with van der Waals surface area (Å²) in [7, 11) is 0.609. The molecule has 0 atom stereocenters. The highest BCUT2D eigenvalue weighted by Gasteiger charge is 2.34. The zero-order valence-corrected chi connectivity index (χ0v) is 14.3. The predicted octanol–water partition coefficient (Wildman–Crippen LogP) is 5.45. The number of unbranched alkanes of at least 4 members (excludes halogenated alkanes) is 3. The number of methoxy groups -OCH3 is 1. The number of rotatable bonds is 12. The Hall–Kier alpha value is -0.230. The number of hydrogen-bond acceptors (Lipinski definition) is 2. The topological polar surface area (TPSA) is 29.5 Å². The van der Waals surface area contributed by atoms with Crippen LogP contribution in [0.1, 0.15) is 59.3 Å². The van der Waals surface area contributed by atoms with Gasteiger partial charge in [0.1, 0.15) is 0 Å². The molecule has 114 valence electrons. The first-order chi connectivity index (χ1) is 9.14. The Kier molecular flexibility index (Phi) is 11.4. The lowest BCUT2D eigenvalue weighted by atomic mass is 10.4. The number of hydrogen-bond donors (Lipinski definition) is 1. The van der Waals surface area contributed by atoms with Crippen molar-refractivity contribution in [3.63, 3.8) is 0 Å². The van der Waals surface area contributed by atoms with Gasteiger partial charge in [0.25, 0.3) is 5.95 Å². The molecule has 0 aromatic carbocycles. The molecule has 0 amide bonds. The molecule has 0 aliphatic carbocycles. The van der Waals surface area contributed by atoms with Crippen LogP contribution in [0.4, 0.5) is 0 Å². The van der Waals surface area contributed by atoms with Crippen LogP contribution in [0.2, 0.25) is 0 Å². The number of ether oxygens (including phenoxy) is 1. The molecule has 2 nitrogen and oxygen atoms in total. The standard InChI is InChI=1S/C16H33O2P/c1-5-8-12-19(13-9-6-2,14-10-7-3)15-11-16(17)18-4/h11H,5-10,12-15H2,1-4H3/p+1/b16-11-. The molecule has 0 radical (unpaired) electrons. The van der Waals surface area contributed by atoms with Gasteiger partial charge in [-0.2, -0.15) is 0 Å². The Balaban J connectivity index is 4.75. The summed E-state index contributed by atoms with van der Waals surface area (Å²) in [4.78, 5) is 0. The molecule has 0 heterocycles. The van der Waals surface area contributed by atoms with E-state index in [4.69, 9.17) is 4.74 Å². The predicted molar refractivity (Wildman–Crippen MR) is 88.8 cm³/mol.